The van der Waals surface area contributed by atoms with E-state index in [0.717, 1.165) is 18.6 Å². The highest BCUT2D eigenvalue weighted by atomic mass is 28.4. The molecular weight excluding hydrogens is 484 g/mol. The molecule has 5 aliphatic rings. The van der Waals surface area contributed by atoms with E-state index < -0.39 is 25.3 Å². The highest BCUT2D eigenvalue weighted by molar-refractivity contribution is 6.74. The van der Waals surface area contributed by atoms with Crippen LogP contribution in [-0.2, 0) is 23.5 Å². The molecule has 6 nitrogen and oxygen atoms in total. The Morgan fingerprint density at radius 1 is 1.22 bits per heavy atom. The van der Waals surface area contributed by atoms with Crippen molar-refractivity contribution in [3.63, 3.8) is 0 Å². The number of epoxide rings is 1. The topological polar surface area (TPSA) is 85.4 Å². The quantitative estimate of drug-likeness (QED) is 0.289. The molecule has 1 N–H and O–H groups in total. The van der Waals surface area contributed by atoms with Crippen molar-refractivity contribution in [3.05, 3.63) is 35.6 Å². The number of allylic oxidation sites excluding steroid dienone is 3. The summed E-state index contributed by atoms with van der Waals surface area (Å²) in [4.78, 5) is 24.7. The summed E-state index contributed by atoms with van der Waals surface area (Å²) in [5.41, 5.74) is -1.54. The van der Waals surface area contributed by atoms with Crippen LogP contribution in [-0.4, -0.2) is 49.1 Å². The van der Waals surface area contributed by atoms with E-state index >= 15 is 0 Å². The number of hydrogen-bond acceptors (Lipinski definition) is 6. The number of ether oxygens (including phenoxy) is 2. The number of carbonyl (C=O) groups is 2. The molecule has 1 saturated heterocycles. The largest absolute Gasteiger partial charge is 0.544 e. The Morgan fingerprint density at radius 2 is 1.89 bits per heavy atom. The monoisotopic (exact) mass is 528 g/mol. The molecule has 1 spiro atoms. The van der Waals surface area contributed by atoms with Crippen molar-refractivity contribution < 1.29 is 28.6 Å². The SMILES string of the molecule is CC(=O)OCC(=O)[C@@]1(O)[C@@H](C)C[C@H]2[C@@H]3CC=C4C=C(O[Si](C)(C)C(C)(C)C)C=C[C@]4(C)[C@@]34O[C@H]4C[C@@]21C. The van der Waals surface area contributed by atoms with E-state index in [9.17, 15) is 14.7 Å². The molecule has 0 aromatic rings. The van der Waals surface area contributed by atoms with Gasteiger partial charge >= 0.3 is 5.97 Å². The molecule has 204 valence electrons. The van der Waals surface area contributed by atoms with Gasteiger partial charge < -0.3 is 19.0 Å². The maximum atomic E-state index is 13.3. The lowest BCUT2D eigenvalue weighted by atomic mass is 9.48. The molecule has 0 radical (unpaired) electrons. The van der Waals surface area contributed by atoms with Gasteiger partial charge in [0.1, 0.15) is 17.0 Å². The van der Waals surface area contributed by atoms with Gasteiger partial charge in [-0.15, -0.1) is 0 Å². The van der Waals surface area contributed by atoms with Crippen molar-refractivity contribution in [1.82, 2.24) is 0 Å². The molecule has 4 aliphatic carbocycles. The third-order valence-corrected chi connectivity index (χ3v) is 15.7. The van der Waals surface area contributed by atoms with Crippen LogP contribution in [0.4, 0.5) is 0 Å². The van der Waals surface area contributed by atoms with Crippen LogP contribution in [0.25, 0.3) is 0 Å². The van der Waals surface area contributed by atoms with Crippen molar-refractivity contribution >= 4 is 20.1 Å². The summed E-state index contributed by atoms with van der Waals surface area (Å²) in [6.07, 6.45) is 11.2. The van der Waals surface area contributed by atoms with Gasteiger partial charge in [-0.05, 0) is 79.8 Å². The van der Waals surface area contributed by atoms with E-state index in [1.165, 1.54) is 12.5 Å². The molecule has 3 fully saturated rings. The fraction of sp³-hybridized carbons (Fsp3) is 0.733. The summed E-state index contributed by atoms with van der Waals surface area (Å²) in [5.74, 6) is 0.143. The van der Waals surface area contributed by atoms with E-state index in [4.69, 9.17) is 13.9 Å². The molecule has 1 aliphatic heterocycles. The molecule has 0 aromatic heterocycles. The molecule has 8 atom stereocenters. The number of ketones is 1. The number of fused-ring (bicyclic) bond motifs is 3. The van der Waals surface area contributed by atoms with Gasteiger partial charge in [-0.2, -0.15) is 0 Å². The zero-order valence-electron chi connectivity index (χ0n) is 23.9. The number of aliphatic hydroxyl groups is 1. The van der Waals surface area contributed by atoms with Gasteiger partial charge in [0.2, 0.25) is 14.1 Å². The molecule has 0 unspecified atom stereocenters. The van der Waals surface area contributed by atoms with Gasteiger partial charge in [0, 0.05) is 17.8 Å². The first-order valence-corrected chi connectivity index (χ1v) is 16.7. The predicted molar refractivity (Wildman–Crippen MR) is 144 cm³/mol. The fourth-order valence-corrected chi connectivity index (χ4v) is 9.14. The lowest BCUT2D eigenvalue weighted by Gasteiger charge is -2.54. The third-order valence-electron chi connectivity index (χ3n) is 11.3. The molecule has 0 amide bonds. The van der Waals surface area contributed by atoms with Crippen LogP contribution in [0.2, 0.25) is 18.1 Å². The first-order chi connectivity index (χ1) is 16.9. The maximum Gasteiger partial charge on any atom is 0.303 e. The number of Topliss-reactive ketones (excluding diaryl/α,β-unsaturated/α-hetero) is 1. The zero-order valence-corrected chi connectivity index (χ0v) is 24.9. The van der Waals surface area contributed by atoms with Gasteiger partial charge in [0.25, 0.3) is 0 Å². The molecule has 1 heterocycles. The van der Waals surface area contributed by atoms with Gasteiger partial charge in [0.15, 0.2) is 6.61 Å². The summed E-state index contributed by atoms with van der Waals surface area (Å²) in [7, 11) is -1.96. The van der Waals surface area contributed by atoms with E-state index in [-0.39, 0.29) is 52.3 Å². The molecule has 37 heavy (non-hydrogen) atoms. The van der Waals surface area contributed by atoms with Crippen molar-refractivity contribution in [3.8, 4) is 0 Å². The van der Waals surface area contributed by atoms with Crippen LogP contribution in [0.3, 0.4) is 0 Å². The average molecular weight is 529 g/mol. The second-order valence-corrected chi connectivity index (χ2v) is 18.9. The van der Waals surface area contributed by atoms with Crippen LogP contribution in [0.5, 0.6) is 0 Å². The predicted octanol–water partition coefficient (Wildman–Crippen LogP) is 5.48. The summed E-state index contributed by atoms with van der Waals surface area (Å²) < 4.78 is 18.4. The van der Waals surface area contributed by atoms with Crippen LogP contribution in [0.15, 0.2) is 35.6 Å². The molecular formula is C30H44O6Si. The Bertz CT molecular complexity index is 1130. The Morgan fingerprint density at radius 3 is 2.51 bits per heavy atom. The van der Waals surface area contributed by atoms with Crippen molar-refractivity contribution in [2.75, 3.05) is 6.61 Å². The van der Waals surface area contributed by atoms with Gasteiger partial charge in [-0.25, -0.2) is 0 Å². The molecule has 0 aromatic carbocycles. The summed E-state index contributed by atoms with van der Waals surface area (Å²) in [5, 5.41) is 12.1. The lowest BCUT2D eigenvalue weighted by molar-refractivity contribution is -0.170. The average Bonchev–Trinajstić information content (AvgIpc) is 3.46. The Labute approximate surface area is 222 Å². The third kappa shape index (κ3) is 3.42. The molecule has 0 bridgehead atoms. The van der Waals surface area contributed by atoms with Gasteiger partial charge in [0.05, 0.1) is 6.10 Å². The fourth-order valence-electron chi connectivity index (χ4n) is 8.12. The van der Waals surface area contributed by atoms with Crippen LogP contribution < -0.4 is 0 Å². The Hall–Kier alpha value is -1.70. The minimum Gasteiger partial charge on any atom is -0.544 e. The summed E-state index contributed by atoms with van der Waals surface area (Å²) >= 11 is 0. The number of rotatable bonds is 5. The minimum absolute atomic E-state index is 0.0355. The van der Waals surface area contributed by atoms with Crippen LogP contribution in [0, 0.1) is 28.6 Å². The number of carbonyl (C=O) groups excluding carboxylic acids is 2. The van der Waals surface area contributed by atoms with Crippen molar-refractivity contribution in [2.24, 2.45) is 28.6 Å². The number of esters is 1. The smallest absolute Gasteiger partial charge is 0.303 e. The molecule has 2 saturated carbocycles. The van der Waals surface area contributed by atoms with E-state index in [2.05, 4.69) is 72.0 Å². The standard InChI is InChI=1S/C30H44O6Si/c1-18-14-23-22-11-10-20-15-21(36-37(8,9)26(3,4)5)12-13-27(20,6)30(22)25(35-30)16-28(23,7)29(18,33)24(32)17-34-19(2)31/h10,12-13,15,18,22-23,25,33H,11,14,16-17H2,1-9H3/t18-,22-,23-,25-,27-,28-,29-,30+/m0/s1. The van der Waals surface area contributed by atoms with E-state index in [1.807, 2.05) is 6.92 Å². The van der Waals surface area contributed by atoms with Crippen LogP contribution >= 0.6 is 0 Å². The second-order valence-electron chi connectivity index (χ2n) is 14.2. The first kappa shape index (κ1) is 26.9. The van der Waals surface area contributed by atoms with Gasteiger partial charge in [-0.3, -0.25) is 9.59 Å². The summed E-state index contributed by atoms with van der Waals surface area (Å²) in [6, 6.07) is 0. The van der Waals surface area contributed by atoms with E-state index in [0.29, 0.717) is 6.42 Å². The number of hydrogen-bond donors (Lipinski definition) is 1. The molecule has 7 heteroatoms. The summed E-state index contributed by atoms with van der Waals surface area (Å²) in [6.45, 7) is 18.5. The highest BCUT2D eigenvalue weighted by Gasteiger charge is 2.81. The second kappa shape index (κ2) is 7.92. The van der Waals surface area contributed by atoms with Crippen molar-refractivity contribution in [2.45, 2.75) is 103 Å². The lowest BCUT2D eigenvalue weighted by Crippen LogP contribution is -2.62. The minimum atomic E-state index is -1.96. The first-order valence-electron chi connectivity index (χ1n) is 13.8. The Balaban J connectivity index is 1.46. The van der Waals surface area contributed by atoms with E-state index in [1.54, 1.807) is 0 Å². The Kier molecular flexibility index (Phi) is 5.75. The highest BCUT2D eigenvalue weighted by Crippen LogP contribution is 2.76. The van der Waals surface area contributed by atoms with Crippen molar-refractivity contribution in [1.29, 1.82) is 0 Å². The van der Waals surface area contributed by atoms with Crippen LogP contribution in [0.1, 0.15) is 67.7 Å². The van der Waals surface area contributed by atoms with Gasteiger partial charge in [-0.1, -0.05) is 46.8 Å². The normalized spacial score (nSPS) is 43.9. The molecule has 5 rings (SSSR count). The maximum absolute atomic E-state index is 13.3. The zero-order chi connectivity index (χ0) is 27.4.